The van der Waals surface area contributed by atoms with Crippen LogP contribution in [0.15, 0.2) is 48.5 Å². The first-order valence-corrected chi connectivity index (χ1v) is 7.44. The summed E-state index contributed by atoms with van der Waals surface area (Å²) in [6.07, 6.45) is 0.177. The fourth-order valence-corrected chi connectivity index (χ4v) is 2.04. The maximum atomic E-state index is 11.9. The SMILES string of the molecule is COc1cccc(NC(=O)CCNC(=O)c2ccc(Cl)cc2)c1. The summed E-state index contributed by atoms with van der Waals surface area (Å²) in [5, 5.41) is 6.01. The Morgan fingerprint density at radius 1 is 1.13 bits per heavy atom. The second-order valence-corrected chi connectivity index (χ2v) is 5.23. The third-order valence-corrected chi connectivity index (χ3v) is 3.35. The van der Waals surface area contributed by atoms with Crippen LogP contribution in [0.4, 0.5) is 5.69 Å². The van der Waals surface area contributed by atoms with E-state index < -0.39 is 0 Å². The zero-order chi connectivity index (χ0) is 16.7. The van der Waals surface area contributed by atoms with Crippen LogP contribution < -0.4 is 15.4 Å². The molecule has 23 heavy (non-hydrogen) atoms. The van der Waals surface area contributed by atoms with E-state index in [9.17, 15) is 9.59 Å². The summed E-state index contributed by atoms with van der Waals surface area (Å²) in [7, 11) is 1.56. The second-order valence-electron chi connectivity index (χ2n) is 4.79. The second kappa shape index (κ2) is 8.19. The van der Waals surface area contributed by atoms with Crippen LogP contribution in [0, 0.1) is 0 Å². The molecule has 0 saturated carbocycles. The minimum Gasteiger partial charge on any atom is -0.497 e. The first-order chi connectivity index (χ1) is 11.1. The summed E-state index contributed by atoms with van der Waals surface area (Å²) < 4.78 is 5.09. The standard InChI is InChI=1S/C17H17ClN2O3/c1-23-15-4-2-3-14(11-15)20-16(21)9-10-19-17(22)12-5-7-13(18)8-6-12/h2-8,11H,9-10H2,1H3,(H,19,22)(H,20,21). The Labute approximate surface area is 139 Å². The molecule has 0 unspecified atom stereocenters. The van der Waals surface area contributed by atoms with Gasteiger partial charge in [-0.25, -0.2) is 0 Å². The molecule has 0 aliphatic carbocycles. The van der Waals surface area contributed by atoms with E-state index in [0.717, 1.165) is 0 Å². The Morgan fingerprint density at radius 2 is 1.87 bits per heavy atom. The van der Waals surface area contributed by atoms with Crippen molar-refractivity contribution in [3.05, 3.63) is 59.1 Å². The lowest BCUT2D eigenvalue weighted by molar-refractivity contribution is -0.116. The van der Waals surface area contributed by atoms with E-state index in [-0.39, 0.29) is 24.8 Å². The molecule has 0 aliphatic rings. The van der Waals surface area contributed by atoms with Crippen molar-refractivity contribution in [3.63, 3.8) is 0 Å². The molecule has 5 nitrogen and oxygen atoms in total. The number of carbonyl (C=O) groups is 2. The van der Waals surface area contributed by atoms with Gasteiger partial charge in [0.25, 0.3) is 5.91 Å². The van der Waals surface area contributed by atoms with Gasteiger partial charge < -0.3 is 15.4 Å². The van der Waals surface area contributed by atoms with Gasteiger partial charge in [-0.3, -0.25) is 9.59 Å². The minimum atomic E-state index is -0.240. The number of carbonyl (C=O) groups excluding carboxylic acids is 2. The van der Waals surface area contributed by atoms with E-state index in [4.69, 9.17) is 16.3 Å². The molecule has 0 radical (unpaired) electrons. The Bertz CT molecular complexity index is 686. The number of nitrogens with one attached hydrogen (secondary N) is 2. The van der Waals surface area contributed by atoms with Crippen LogP contribution in [-0.2, 0) is 4.79 Å². The van der Waals surface area contributed by atoms with Gasteiger partial charge in [0.1, 0.15) is 5.75 Å². The molecule has 6 heteroatoms. The van der Waals surface area contributed by atoms with Crippen molar-refractivity contribution in [2.24, 2.45) is 0 Å². The van der Waals surface area contributed by atoms with Crippen LogP contribution >= 0.6 is 11.6 Å². The number of ether oxygens (including phenoxy) is 1. The van der Waals surface area contributed by atoms with Gasteiger partial charge in [-0.1, -0.05) is 17.7 Å². The van der Waals surface area contributed by atoms with E-state index in [2.05, 4.69) is 10.6 Å². The molecule has 0 aromatic heterocycles. The molecule has 0 saturated heterocycles. The summed E-state index contributed by atoms with van der Waals surface area (Å²) in [5.74, 6) is 0.240. The van der Waals surface area contributed by atoms with Crippen LogP contribution in [0.5, 0.6) is 5.75 Å². The largest absolute Gasteiger partial charge is 0.497 e. The molecule has 0 atom stereocenters. The maximum absolute atomic E-state index is 11.9. The molecule has 0 bridgehead atoms. The fourth-order valence-electron chi connectivity index (χ4n) is 1.92. The third kappa shape index (κ3) is 5.30. The highest BCUT2D eigenvalue weighted by Gasteiger charge is 2.07. The summed E-state index contributed by atoms with van der Waals surface area (Å²) in [5.41, 5.74) is 1.15. The molecule has 2 amide bonds. The number of halogens is 1. The van der Waals surface area contributed by atoms with Crippen LogP contribution in [-0.4, -0.2) is 25.5 Å². The monoisotopic (exact) mass is 332 g/mol. The van der Waals surface area contributed by atoms with Gasteiger partial charge in [-0.2, -0.15) is 0 Å². The van der Waals surface area contributed by atoms with Crippen molar-refractivity contribution < 1.29 is 14.3 Å². The predicted octanol–water partition coefficient (Wildman–Crippen LogP) is 3.11. The van der Waals surface area contributed by atoms with Crippen molar-refractivity contribution in [2.75, 3.05) is 19.0 Å². The first-order valence-electron chi connectivity index (χ1n) is 7.06. The van der Waals surface area contributed by atoms with Gasteiger partial charge in [0.15, 0.2) is 0 Å². The van der Waals surface area contributed by atoms with Crippen molar-refractivity contribution in [1.29, 1.82) is 0 Å². The van der Waals surface area contributed by atoms with Crippen LogP contribution in [0.25, 0.3) is 0 Å². The molecule has 0 fully saturated rings. The quantitative estimate of drug-likeness (QED) is 0.854. The Morgan fingerprint density at radius 3 is 2.57 bits per heavy atom. The molecule has 120 valence electrons. The lowest BCUT2D eigenvalue weighted by Gasteiger charge is -2.08. The highest BCUT2D eigenvalue weighted by Crippen LogP contribution is 2.16. The van der Waals surface area contributed by atoms with Gasteiger partial charge in [-0.05, 0) is 36.4 Å². The van der Waals surface area contributed by atoms with Gasteiger partial charge in [0.05, 0.1) is 7.11 Å². The van der Waals surface area contributed by atoms with Crippen molar-refractivity contribution in [2.45, 2.75) is 6.42 Å². The van der Waals surface area contributed by atoms with Gasteiger partial charge in [-0.15, -0.1) is 0 Å². The molecular weight excluding hydrogens is 316 g/mol. The summed E-state index contributed by atoms with van der Waals surface area (Å²) in [6.45, 7) is 0.247. The van der Waals surface area contributed by atoms with E-state index in [1.807, 2.05) is 0 Å². The Hall–Kier alpha value is -2.53. The Kier molecular flexibility index (Phi) is 6.00. The highest BCUT2D eigenvalue weighted by atomic mass is 35.5. The average molecular weight is 333 g/mol. The smallest absolute Gasteiger partial charge is 0.251 e. The van der Waals surface area contributed by atoms with E-state index in [1.54, 1.807) is 55.6 Å². The molecule has 2 rings (SSSR count). The number of rotatable bonds is 6. The molecule has 0 heterocycles. The molecule has 0 aliphatic heterocycles. The number of anilines is 1. The van der Waals surface area contributed by atoms with E-state index in [0.29, 0.717) is 22.0 Å². The third-order valence-electron chi connectivity index (χ3n) is 3.10. The van der Waals surface area contributed by atoms with Crippen molar-refractivity contribution >= 4 is 29.1 Å². The molecule has 2 N–H and O–H groups in total. The molecule has 2 aromatic rings. The normalized spacial score (nSPS) is 10.0. The van der Waals surface area contributed by atoms with Gasteiger partial charge in [0.2, 0.25) is 5.91 Å². The molecule has 2 aromatic carbocycles. The van der Waals surface area contributed by atoms with Crippen molar-refractivity contribution in [1.82, 2.24) is 5.32 Å². The van der Waals surface area contributed by atoms with E-state index in [1.165, 1.54) is 0 Å². The minimum absolute atomic E-state index is 0.177. The predicted molar refractivity (Wildman–Crippen MR) is 90.0 cm³/mol. The highest BCUT2D eigenvalue weighted by molar-refractivity contribution is 6.30. The zero-order valence-corrected chi connectivity index (χ0v) is 13.4. The van der Waals surface area contributed by atoms with Gasteiger partial charge >= 0.3 is 0 Å². The summed E-state index contributed by atoms with van der Waals surface area (Å²) in [4.78, 5) is 23.7. The number of benzene rings is 2. The first kappa shape index (κ1) is 16.8. The van der Waals surface area contributed by atoms with Crippen LogP contribution in [0.2, 0.25) is 5.02 Å². The van der Waals surface area contributed by atoms with Gasteiger partial charge in [0, 0.05) is 35.3 Å². The number of hydrogen-bond donors (Lipinski definition) is 2. The summed E-state index contributed by atoms with van der Waals surface area (Å²) >= 11 is 5.77. The fraction of sp³-hybridized carbons (Fsp3) is 0.176. The number of methoxy groups -OCH3 is 1. The Balaban J connectivity index is 1.78. The van der Waals surface area contributed by atoms with E-state index >= 15 is 0 Å². The topological polar surface area (TPSA) is 67.4 Å². The lowest BCUT2D eigenvalue weighted by atomic mass is 10.2. The van der Waals surface area contributed by atoms with Crippen LogP contribution in [0.1, 0.15) is 16.8 Å². The van der Waals surface area contributed by atoms with Crippen molar-refractivity contribution in [3.8, 4) is 5.75 Å². The zero-order valence-electron chi connectivity index (χ0n) is 12.6. The molecular formula is C17H17ClN2O3. The number of amides is 2. The average Bonchev–Trinajstić information content (AvgIpc) is 2.55. The van der Waals surface area contributed by atoms with Crippen LogP contribution in [0.3, 0.4) is 0 Å². The maximum Gasteiger partial charge on any atom is 0.251 e. The lowest BCUT2D eigenvalue weighted by Crippen LogP contribution is -2.27. The summed E-state index contributed by atoms with van der Waals surface area (Å²) in [6, 6.07) is 13.6. The number of hydrogen-bond acceptors (Lipinski definition) is 3. The molecule has 0 spiro atoms.